The molecule has 1 aromatic carbocycles. The zero-order chi connectivity index (χ0) is 12.3. The lowest BCUT2D eigenvalue weighted by Gasteiger charge is -2.27. The van der Waals surface area contributed by atoms with Crippen LogP contribution in [0, 0.1) is 5.82 Å². The molecule has 0 aromatic heterocycles. The lowest BCUT2D eigenvalue weighted by Crippen LogP contribution is -2.38. The topological polar surface area (TPSA) is 21.3 Å². The molecular weight excluding hydrogens is 241 g/mol. The summed E-state index contributed by atoms with van der Waals surface area (Å²) in [7, 11) is 0. The Balaban J connectivity index is 2.00. The molecule has 1 saturated heterocycles. The minimum absolute atomic E-state index is 0.106. The highest BCUT2D eigenvalue weighted by atomic mass is 35.5. The molecule has 1 heterocycles. The molecule has 2 rings (SSSR count). The number of halogens is 2. The molecule has 1 N–H and O–H groups in total. The Labute approximate surface area is 106 Å². The molecule has 2 nitrogen and oxygen atoms in total. The molecule has 2 unspecified atom stereocenters. The van der Waals surface area contributed by atoms with Crippen molar-refractivity contribution < 1.29 is 9.13 Å². The van der Waals surface area contributed by atoms with E-state index >= 15 is 0 Å². The van der Waals surface area contributed by atoms with Gasteiger partial charge >= 0.3 is 0 Å². The predicted molar refractivity (Wildman–Crippen MR) is 66.8 cm³/mol. The van der Waals surface area contributed by atoms with Gasteiger partial charge in [-0.05, 0) is 37.5 Å². The standard InChI is InChI=1S/C13H17ClFNO/c1-9(16-11-3-2-6-17-8-11)12-5-4-10(15)7-13(12)14/h4-5,7,9,11,16H,2-3,6,8H2,1H3. The van der Waals surface area contributed by atoms with Crippen molar-refractivity contribution in [3.05, 3.63) is 34.6 Å². The van der Waals surface area contributed by atoms with Crippen LogP contribution < -0.4 is 5.32 Å². The summed E-state index contributed by atoms with van der Waals surface area (Å²) in [5.74, 6) is -0.299. The molecule has 0 spiro atoms. The van der Waals surface area contributed by atoms with Crippen LogP contribution in [-0.4, -0.2) is 19.3 Å². The van der Waals surface area contributed by atoms with Crippen molar-refractivity contribution in [2.45, 2.75) is 31.8 Å². The first-order chi connectivity index (χ1) is 8.16. The monoisotopic (exact) mass is 257 g/mol. The molecule has 17 heavy (non-hydrogen) atoms. The van der Waals surface area contributed by atoms with E-state index in [-0.39, 0.29) is 11.9 Å². The first-order valence-corrected chi connectivity index (χ1v) is 6.33. The SMILES string of the molecule is CC(NC1CCCOC1)c1ccc(F)cc1Cl. The fourth-order valence-corrected chi connectivity index (χ4v) is 2.50. The maximum absolute atomic E-state index is 12.9. The van der Waals surface area contributed by atoms with Crippen LogP contribution in [0.1, 0.15) is 31.4 Å². The Kier molecular flexibility index (Phi) is 4.37. The molecule has 1 aromatic rings. The second kappa shape index (κ2) is 5.80. The molecule has 0 aliphatic carbocycles. The first kappa shape index (κ1) is 12.8. The second-order valence-electron chi connectivity index (χ2n) is 4.47. The van der Waals surface area contributed by atoms with Crippen molar-refractivity contribution in [1.82, 2.24) is 5.32 Å². The quantitative estimate of drug-likeness (QED) is 0.897. The lowest BCUT2D eigenvalue weighted by atomic mass is 10.0. The van der Waals surface area contributed by atoms with Gasteiger partial charge in [0.1, 0.15) is 5.82 Å². The fraction of sp³-hybridized carbons (Fsp3) is 0.538. The highest BCUT2D eigenvalue weighted by Crippen LogP contribution is 2.24. The van der Waals surface area contributed by atoms with Gasteiger partial charge in [-0.1, -0.05) is 17.7 Å². The molecule has 4 heteroatoms. The normalized spacial score (nSPS) is 22.4. The van der Waals surface area contributed by atoms with E-state index in [0.717, 1.165) is 31.6 Å². The van der Waals surface area contributed by atoms with E-state index < -0.39 is 0 Å². The van der Waals surface area contributed by atoms with Crippen LogP contribution in [-0.2, 0) is 4.74 Å². The maximum Gasteiger partial charge on any atom is 0.124 e. The Bertz CT molecular complexity index is 380. The minimum atomic E-state index is -0.299. The van der Waals surface area contributed by atoms with Gasteiger partial charge < -0.3 is 10.1 Å². The van der Waals surface area contributed by atoms with Crippen LogP contribution in [0.4, 0.5) is 4.39 Å². The van der Waals surface area contributed by atoms with E-state index in [1.54, 1.807) is 6.07 Å². The predicted octanol–water partition coefficient (Wildman–Crippen LogP) is 3.31. The largest absolute Gasteiger partial charge is 0.380 e. The van der Waals surface area contributed by atoms with Gasteiger partial charge in [0.05, 0.1) is 6.61 Å². The van der Waals surface area contributed by atoms with Gasteiger partial charge in [-0.15, -0.1) is 0 Å². The highest BCUT2D eigenvalue weighted by Gasteiger charge is 2.18. The second-order valence-corrected chi connectivity index (χ2v) is 4.88. The number of benzene rings is 1. The van der Waals surface area contributed by atoms with Gasteiger partial charge in [-0.25, -0.2) is 4.39 Å². The molecule has 0 amide bonds. The Morgan fingerprint density at radius 3 is 3.00 bits per heavy atom. The molecular formula is C13H17ClFNO. The molecule has 94 valence electrons. The third-order valence-electron chi connectivity index (χ3n) is 3.08. The van der Waals surface area contributed by atoms with Gasteiger partial charge in [0.2, 0.25) is 0 Å². The number of hydrogen-bond acceptors (Lipinski definition) is 2. The number of ether oxygens (including phenoxy) is 1. The summed E-state index contributed by atoms with van der Waals surface area (Å²) >= 11 is 6.03. The average molecular weight is 258 g/mol. The van der Waals surface area contributed by atoms with Crippen molar-refractivity contribution in [1.29, 1.82) is 0 Å². The van der Waals surface area contributed by atoms with Crippen molar-refractivity contribution >= 4 is 11.6 Å². The van der Waals surface area contributed by atoms with Crippen LogP contribution in [0.5, 0.6) is 0 Å². The first-order valence-electron chi connectivity index (χ1n) is 5.95. The van der Waals surface area contributed by atoms with Gasteiger partial charge in [-0.3, -0.25) is 0 Å². The fourth-order valence-electron chi connectivity index (χ4n) is 2.17. The van der Waals surface area contributed by atoms with E-state index in [1.165, 1.54) is 12.1 Å². The zero-order valence-corrected chi connectivity index (χ0v) is 10.6. The molecule has 2 atom stereocenters. The van der Waals surface area contributed by atoms with Crippen LogP contribution >= 0.6 is 11.6 Å². The van der Waals surface area contributed by atoms with Crippen LogP contribution in [0.3, 0.4) is 0 Å². The summed E-state index contributed by atoms with van der Waals surface area (Å²) in [6, 6.07) is 5.00. The van der Waals surface area contributed by atoms with Gasteiger partial charge in [0.25, 0.3) is 0 Å². The third kappa shape index (κ3) is 3.41. The molecule has 0 bridgehead atoms. The number of nitrogens with one attached hydrogen (secondary N) is 1. The van der Waals surface area contributed by atoms with Gasteiger partial charge in [0.15, 0.2) is 0 Å². The van der Waals surface area contributed by atoms with Crippen molar-refractivity contribution in [3.63, 3.8) is 0 Å². The molecule has 1 aliphatic heterocycles. The highest BCUT2D eigenvalue weighted by molar-refractivity contribution is 6.31. The van der Waals surface area contributed by atoms with Gasteiger partial charge in [0, 0.05) is 23.7 Å². The van der Waals surface area contributed by atoms with Crippen molar-refractivity contribution in [3.8, 4) is 0 Å². The van der Waals surface area contributed by atoms with Crippen LogP contribution in [0.2, 0.25) is 5.02 Å². The maximum atomic E-state index is 12.9. The smallest absolute Gasteiger partial charge is 0.124 e. The summed E-state index contributed by atoms with van der Waals surface area (Å²) in [5, 5.41) is 3.94. The van der Waals surface area contributed by atoms with Crippen LogP contribution in [0.15, 0.2) is 18.2 Å². The van der Waals surface area contributed by atoms with E-state index in [0.29, 0.717) is 11.1 Å². The summed E-state index contributed by atoms with van der Waals surface area (Å²) in [4.78, 5) is 0. The Hall–Kier alpha value is -0.640. The lowest BCUT2D eigenvalue weighted by molar-refractivity contribution is 0.0671. The number of hydrogen-bond donors (Lipinski definition) is 1. The van der Waals surface area contributed by atoms with E-state index in [9.17, 15) is 4.39 Å². The van der Waals surface area contributed by atoms with E-state index in [1.807, 2.05) is 6.92 Å². The summed E-state index contributed by atoms with van der Waals surface area (Å²) in [5.41, 5.74) is 0.929. The van der Waals surface area contributed by atoms with E-state index in [2.05, 4.69) is 5.32 Å². The molecule has 1 aliphatic rings. The van der Waals surface area contributed by atoms with E-state index in [4.69, 9.17) is 16.3 Å². The Morgan fingerprint density at radius 1 is 1.53 bits per heavy atom. The molecule has 0 saturated carbocycles. The zero-order valence-electron chi connectivity index (χ0n) is 9.88. The summed E-state index contributed by atoms with van der Waals surface area (Å²) in [6.45, 7) is 3.63. The number of rotatable bonds is 3. The molecule has 0 radical (unpaired) electrons. The van der Waals surface area contributed by atoms with Crippen molar-refractivity contribution in [2.75, 3.05) is 13.2 Å². The average Bonchev–Trinajstić information content (AvgIpc) is 2.30. The van der Waals surface area contributed by atoms with Crippen molar-refractivity contribution in [2.24, 2.45) is 0 Å². The summed E-state index contributed by atoms with van der Waals surface area (Å²) in [6.07, 6.45) is 2.20. The Morgan fingerprint density at radius 2 is 2.35 bits per heavy atom. The van der Waals surface area contributed by atoms with Crippen LogP contribution in [0.25, 0.3) is 0 Å². The molecule has 1 fully saturated rings. The van der Waals surface area contributed by atoms with Gasteiger partial charge in [-0.2, -0.15) is 0 Å². The third-order valence-corrected chi connectivity index (χ3v) is 3.40. The summed E-state index contributed by atoms with van der Waals surface area (Å²) < 4.78 is 18.4. The minimum Gasteiger partial charge on any atom is -0.380 e.